The van der Waals surface area contributed by atoms with Crippen molar-refractivity contribution in [1.29, 1.82) is 0 Å². The van der Waals surface area contributed by atoms with Gasteiger partial charge in [0.1, 0.15) is 35.8 Å². The van der Waals surface area contributed by atoms with Crippen LogP contribution in [-0.4, -0.2) is 86.7 Å². The van der Waals surface area contributed by atoms with E-state index in [1.54, 1.807) is 48.8 Å². The van der Waals surface area contributed by atoms with Crippen LogP contribution < -0.4 is 21.3 Å². The lowest BCUT2D eigenvalue weighted by atomic mass is 10.2. The molecule has 4 rings (SSSR count). The summed E-state index contributed by atoms with van der Waals surface area (Å²) in [5, 5.41) is 10.6. The van der Waals surface area contributed by atoms with Gasteiger partial charge in [0.25, 0.3) is 0 Å². The van der Waals surface area contributed by atoms with Crippen LogP contribution in [0.5, 0.6) is 0 Å². The number of pyridine rings is 2. The van der Waals surface area contributed by atoms with E-state index in [1.807, 2.05) is 0 Å². The van der Waals surface area contributed by atoms with Crippen molar-refractivity contribution in [3.63, 3.8) is 0 Å². The zero-order valence-corrected chi connectivity index (χ0v) is 22.5. The lowest BCUT2D eigenvalue weighted by Gasteiger charge is -2.28. The normalized spacial score (nSPS) is 19.9. The molecule has 2 aromatic heterocycles. The van der Waals surface area contributed by atoms with E-state index in [0.29, 0.717) is 50.4 Å². The fourth-order valence-corrected chi connectivity index (χ4v) is 4.95. The molecule has 40 heavy (non-hydrogen) atoms. The number of nitrogens with one attached hydrogen (secondary N) is 4. The molecule has 0 aromatic carbocycles. The summed E-state index contributed by atoms with van der Waals surface area (Å²) in [6.45, 7) is 3.83. The highest BCUT2D eigenvalue weighted by molar-refractivity contribution is 5.99. The first-order valence-corrected chi connectivity index (χ1v) is 13.4. The van der Waals surface area contributed by atoms with Crippen molar-refractivity contribution in [3.8, 4) is 0 Å². The second-order valence-corrected chi connectivity index (χ2v) is 9.85. The van der Waals surface area contributed by atoms with Crippen LogP contribution in [0.15, 0.2) is 48.8 Å². The molecule has 4 heterocycles. The predicted molar refractivity (Wildman–Crippen MR) is 146 cm³/mol. The molecule has 0 bridgehead atoms. The molecule has 13 nitrogen and oxygen atoms in total. The number of anilines is 2. The Morgan fingerprint density at radius 2 is 1.15 bits per heavy atom. The minimum atomic E-state index is -0.936. The number of hydrogen-bond acceptors (Lipinski definition) is 7. The molecule has 0 radical (unpaired) electrons. The van der Waals surface area contributed by atoms with Gasteiger partial charge in [-0.05, 0) is 63.8 Å². The number of likely N-dealkylation sites (tertiary alicyclic amines) is 2. The van der Waals surface area contributed by atoms with Gasteiger partial charge in [-0.15, -0.1) is 0 Å². The van der Waals surface area contributed by atoms with Gasteiger partial charge in [0.05, 0.1) is 0 Å². The van der Waals surface area contributed by atoms with Gasteiger partial charge < -0.3 is 31.1 Å². The van der Waals surface area contributed by atoms with E-state index >= 15 is 0 Å². The van der Waals surface area contributed by atoms with E-state index in [0.717, 1.165) is 0 Å². The monoisotopic (exact) mass is 550 g/mol. The fourth-order valence-electron chi connectivity index (χ4n) is 4.95. The molecule has 0 saturated carbocycles. The molecule has 6 amide bonds. The second kappa shape index (κ2) is 13.0. The Kier molecular flexibility index (Phi) is 9.25. The van der Waals surface area contributed by atoms with E-state index in [-0.39, 0.29) is 11.8 Å². The number of urea groups is 1. The van der Waals surface area contributed by atoms with Crippen LogP contribution in [0.1, 0.15) is 39.5 Å². The third-order valence-corrected chi connectivity index (χ3v) is 6.95. The maximum atomic E-state index is 13.1. The Bertz CT molecular complexity index is 1130. The molecule has 2 aliphatic rings. The number of rotatable bonds is 8. The first-order chi connectivity index (χ1) is 19.2. The predicted octanol–water partition coefficient (Wildman–Crippen LogP) is 1.11. The van der Waals surface area contributed by atoms with Crippen LogP contribution in [0, 0.1) is 0 Å². The van der Waals surface area contributed by atoms with Crippen molar-refractivity contribution < 1.29 is 24.0 Å². The summed E-state index contributed by atoms with van der Waals surface area (Å²) in [6.07, 6.45) is 5.43. The topological polar surface area (TPSA) is 166 Å². The number of nitrogens with zero attached hydrogens (tertiary/aromatic N) is 4. The summed E-state index contributed by atoms with van der Waals surface area (Å²) in [5.74, 6) is -0.700. The van der Waals surface area contributed by atoms with Gasteiger partial charge in [0, 0.05) is 25.5 Å². The van der Waals surface area contributed by atoms with Crippen molar-refractivity contribution in [2.75, 3.05) is 23.7 Å². The third-order valence-electron chi connectivity index (χ3n) is 6.95. The van der Waals surface area contributed by atoms with Crippen LogP contribution >= 0.6 is 0 Å². The third kappa shape index (κ3) is 6.90. The Balaban J connectivity index is 1.28. The first-order valence-electron chi connectivity index (χ1n) is 13.4. The van der Waals surface area contributed by atoms with Crippen molar-refractivity contribution in [2.45, 2.75) is 63.7 Å². The van der Waals surface area contributed by atoms with Crippen LogP contribution in [0.3, 0.4) is 0 Å². The summed E-state index contributed by atoms with van der Waals surface area (Å²) < 4.78 is 0. The Morgan fingerprint density at radius 3 is 1.52 bits per heavy atom. The minimum Gasteiger partial charge on any atom is -0.329 e. The molecular formula is C27H34N8O5. The fraction of sp³-hybridized carbons (Fsp3) is 0.444. The van der Waals surface area contributed by atoms with Gasteiger partial charge in [0.15, 0.2) is 0 Å². The van der Waals surface area contributed by atoms with E-state index in [4.69, 9.17) is 0 Å². The molecule has 212 valence electrons. The van der Waals surface area contributed by atoms with E-state index in [1.165, 1.54) is 23.6 Å². The summed E-state index contributed by atoms with van der Waals surface area (Å²) in [4.78, 5) is 75.5. The smallest absolute Gasteiger partial charge is 0.316 e. The Hall–Kier alpha value is -4.55. The zero-order valence-electron chi connectivity index (χ0n) is 22.5. The molecule has 4 N–H and O–H groups in total. The van der Waals surface area contributed by atoms with Crippen LogP contribution in [-0.2, 0) is 19.2 Å². The number of hydrogen-bond donors (Lipinski definition) is 4. The van der Waals surface area contributed by atoms with Gasteiger partial charge in [0.2, 0.25) is 23.6 Å². The molecule has 13 heteroatoms. The van der Waals surface area contributed by atoms with Crippen molar-refractivity contribution >= 4 is 41.3 Å². The van der Waals surface area contributed by atoms with Gasteiger partial charge in [-0.2, -0.15) is 0 Å². The van der Waals surface area contributed by atoms with E-state index in [2.05, 4.69) is 31.2 Å². The van der Waals surface area contributed by atoms with Gasteiger partial charge in [-0.1, -0.05) is 12.1 Å². The highest BCUT2D eigenvalue weighted by atomic mass is 16.2. The highest BCUT2D eigenvalue weighted by Gasteiger charge is 2.38. The first kappa shape index (κ1) is 28.5. The Labute approximate surface area is 232 Å². The molecule has 0 unspecified atom stereocenters. The van der Waals surface area contributed by atoms with Crippen LogP contribution in [0.4, 0.5) is 16.4 Å². The van der Waals surface area contributed by atoms with Gasteiger partial charge in [-0.3, -0.25) is 19.2 Å². The second-order valence-electron chi connectivity index (χ2n) is 9.85. The van der Waals surface area contributed by atoms with Gasteiger partial charge >= 0.3 is 6.03 Å². The average Bonchev–Trinajstić information content (AvgIpc) is 3.64. The Morgan fingerprint density at radius 1 is 0.725 bits per heavy atom. The average molecular weight is 551 g/mol. The van der Waals surface area contributed by atoms with Crippen molar-refractivity contribution in [2.24, 2.45) is 0 Å². The van der Waals surface area contributed by atoms with E-state index < -0.39 is 42.0 Å². The molecule has 2 aliphatic heterocycles. The number of carbonyl (C=O) groups excluding carboxylic acids is 5. The maximum Gasteiger partial charge on any atom is 0.316 e. The molecular weight excluding hydrogens is 516 g/mol. The summed E-state index contributed by atoms with van der Waals surface area (Å²) >= 11 is 0. The number of amides is 6. The molecule has 2 saturated heterocycles. The molecule has 2 aromatic rings. The quantitative estimate of drug-likeness (QED) is 0.382. The zero-order chi connectivity index (χ0) is 28.6. The standard InChI is InChI=1S/C27H34N8O5/c1-17(25(38)34-15-7-9-19(34)23(36)32-21-11-3-5-13-28-21)30-27(40)31-18(2)26(39)35-16-8-10-20(35)24(37)33-22-12-4-6-14-29-22/h3-6,11-14,17-20H,7-10,15-16H2,1-2H3,(H,28,32,36)(H,29,33,37)(H2,30,31,40)/t17-,18-,19-,20-/m0/s1. The molecule has 0 spiro atoms. The SMILES string of the molecule is C[C@H](NC(=O)N[C@@H](C)C(=O)N1CCC[C@H]1C(=O)Nc1ccccn1)C(=O)N1CCC[C@H]1C(=O)Nc1ccccn1. The maximum absolute atomic E-state index is 13.1. The van der Waals surface area contributed by atoms with Crippen LogP contribution in [0.2, 0.25) is 0 Å². The largest absolute Gasteiger partial charge is 0.329 e. The number of carbonyl (C=O) groups is 5. The lowest BCUT2D eigenvalue weighted by Crippen LogP contribution is -2.56. The molecule has 2 fully saturated rings. The summed E-state index contributed by atoms with van der Waals surface area (Å²) in [7, 11) is 0. The summed E-state index contributed by atoms with van der Waals surface area (Å²) in [6, 6.07) is 6.36. The van der Waals surface area contributed by atoms with Crippen molar-refractivity contribution in [3.05, 3.63) is 48.8 Å². The summed E-state index contributed by atoms with van der Waals surface area (Å²) in [5.41, 5.74) is 0. The minimum absolute atomic E-state index is 0.340. The number of aromatic nitrogens is 2. The van der Waals surface area contributed by atoms with Crippen molar-refractivity contribution in [1.82, 2.24) is 30.4 Å². The molecule has 4 atom stereocenters. The highest BCUT2D eigenvalue weighted by Crippen LogP contribution is 2.21. The van der Waals surface area contributed by atoms with E-state index in [9.17, 15) is 24.0 Å². The van der Waals surface area contributed by atoms with Gasteiger partial charge in [-0.25, -0.2) is 14.8 Å². The van der Waals surface area contributed by atoms with Crippen LogP contribution in [0.25, 0.3) is 0 Å². The lowest BCUT2D eigenvalue weighted by molar-refractivity contribution is -0.138. The molecule has 0 aliphatic carbocycles.